The van der Waals surface area contributed by atoms with E-state index in [1.54, 1.807) is 5.98 Å². The molecule has 0 fully saturated rings. The van der Waals surface area contributed by atoms with Gasteiger partial charge in [0.25, 0.3) is 0 Å². The van der Waals surface area contributed by atoms with Gasteiger partial charge in [0.2, 0.25) is 0 Å². The number of hydrogen-bond acceptors (Lipinski definition) is 0. The van der Waals surface area contributed by atoms with Crippen molar-refractivity contribution in [3.63, 3.8) is 0 Å². The van der Waals surface area contributed by atoms with Crippen LogP contribution < -0.4 is 0 Å². The monoisotopic (exact) mass is 136 g/mol. The first-order valence-corrected chi connectivity index (χ1v) is 3.89. The Hall–Kier alpha value is -0.455. The molecule has 0 nitrogen and oxygen atoms in total. The van der Waals surface area contributed by atoms with E-state index in [2.05, 4.69) is 6.08 Å². The second kappa shape index (κ2) is 15.8. The van der Waals surface area contributed by atoms with Crippen LogP contribution in [0.4, 0.5) is 0 Å². The molecule has 0 aliphatic rings. The molecule has 2 radical (unpaired) electrons. The van der Waals surface area contributed by atoms with Gasteiger partial charge < -0.3 is 0 Å². The second-order valence-corrected chi connectivity index (χ2v) is 1.57. The number of unbranched alkanes of at least 4 members (excludes halogenated alkanes) is 1. The Kier molecular flexibility index (Phi) is 19.4. The van der Waals surface area contributed by atoms with Crippen molar-refractivity contribution in [2.45, 2.75) is 33.6 Å². The molecule has 0 aliphatic carbocycles. The van der Waals surface area contributed by atoms with Gasteiger partial charge in [0, 0.05) is 0 Å². The van der Waals surface area contributed by atoms with Gasteiger partial charge in [0.1, 0.15) is 7.85 Å². The van der Waals surface area contributed by atoms with Gasteiger partial charge in [-0.1, -0.05) is 32.1 Å². The predicted octanol–water partition coefficient (Wildman–Crippen LogP) is 3.05. The molecule has 0 saturated heterocycles. The highest BCUT2D eigenvalue weighted by Gasteiger charge is 1.70. The van der Waals surface area contributed by atoms with Crippen molar-refractivity contribution >= 4 is 7.85 Å². The van der Waals surface area contributed by atoms with Crippen molar-refractivity contribution < 1.29 is 0 Å². The van der Waals surface area contributed by atoms with Gasteiger partial charge in [-0.15, -0.1) is 5.98 Å². The smallest absolute Gasteiger partial charge is 0.102 e. The van der Waals surface area contributed by atoms with E-state index in [4.69, 9.17) is 7.85 Å². The molecule has 10 heavy (non-hydrogen) atoms. The molecule has 0 rings (SSSR count). The van der Waals surface area contributed by atoms with Crippen molar-refractivity contribution in [1.29, 1.82) is 0 Å². The highest BCUT2D eigenvalue weighted by atomic mass is 13.8. The molecule has 0 aliphatic heterocycles. The average molecular weight is 136 g/mol. The molecule has 0 unspecified atom stereocenters. The highest BCUT2D eigenvalue weighted by Crippen LogP contribution is 1.90. The quantitative estimate of drug-likeness (QED) is 0.317. The summed E-state index contributed by atoms with van der Waals surface area (Å²) in [5.74, 6) is 1.59. The summed E-state index contributed by atoms with van der Waals surface area (Å²) in [4.78, 5) is 0. The van der Waals surface area contributed by atoms with Crippen LogP contribution in [-0.4, -0.2) is 7.85 Å². The van der Waals surface area contributed by atoms with Crippen molar-refractivity contribution in [2.24, 2.45) is 0 Å². The van der Waals surface area contributed by atoms with Gasteiger partial charge in [-0.05, 0) is 19.8 Å². The standard InChI is InChI=1S/C7H11B.C2H6/c1-2-3-4-5-6-7-8;1-2/h2-3,6-7H,4-5H2,1H3;1-2H3/b3-2-,7-6+;. The molecule has 0 atom stereocenters. The average Bonchev–Trinajstić information content (AvgIpc) is 2.02. The Balaban J connectivity index is 0. The molecule has 1 heteroatoms. The van der Waals surface area contributed by atoms with Crippen LogP contribution >= 0.6 is 0 Å². The molecule has 0 saturated carbocycles. The van der Waals surface area contributed by atoms with Crippen LogP contribution in [-0.2, 0) is 0 Å². The first-order valence-electron chi connectivity index (χ1n) is 3.89. The molecule has 0 spiro atoms. The van der Waals surface area contributed by atoms with Crippen LogP contribution in [0.5, 0.6) is 0 Å². The summed E-state index contributed by atoms with van der Waals surface area (Å²) in [7, 11) is 5.11. The van der Waals surface area contributed by atoms with E-state index < -0.39 is 0 Å². The topological polar surface area (TPSA) is 0 Å². The molecule has 0 heterocycles. The summed E-state index contributed by atoms with van der Waals surface area (Å²) in [6, 6.07) is 0. The lowest BCUT2D eigenvalue weighted by atomic mass is 10.1. The van der Waals surface area contributed by atoms with Gasteiger partial charge in [-0.25, -0.2) is 0 Å². The van der Waals surface area contributed by atoms with Crippen LogP contribution in [0.25, 0.3) is 0 Å². The fourth-order valence-electron chi connectivity index (χ4n) is 0.455. The Morgan fingerprint density at radius 1 is 1.10 bits per heavy atom. The summed E-state index contributed by atoms with van der Waals surface area (Å²) in [5, 5.41) is 0. The number of rotatable bonds is 3. The van der Waals surface area contributed by atoms with Gasteiger partial charge in [0.15, 0.2) is 0 Å². The highest BCUT2D eigenvalue weighted by molar-refractivity contribution is 6.16. The normalized spacial score (nSPS) is 9.90. The third-order valence-corrected chi connectivity index (χ3v) is 0.872. The Bertz CT molecular complexity index is 70.7. The predicted molar refractivity (Wildman–Crippen MR) is 50.3 cm³/mol. The largest absolute Gasteiger partial charge is 0.135 e. The van der Waals surface area contributed by atoms with Gasteiger partial charge >= 0.3 is 0 Å². The van der Waals surface area contributed by atoms with Crippen LogP contribution in [0.3, 0.4) is 0 Å². The molecule has 0 aromatic rings. The van der Waals surface area contributed by atoms with Crippen LogP contribution in [0.2, 0.25) is 0 Å². The van der Waals surface area contributed by atoms with Crippen molar-refractivity contribution in [1.82, 2.24) is 0 Å². The molecule has 56 valence electrons. The first-order chi connectivity index (χ1) is 4.91. The van der Waals surface area contributed by atoms with E-state index in [0.29, 0.717) is 0 Å². The minimum absolute atomic E-state index is 1.06. The summed E-state index contributed by atoms with van der Waals surface area (Å²) >= 11 is 0. The lowest BCUT2D eigenvalue weighted by Gasteiger charge is -1.81. The molecular weight excluding hydrogens is 119 g/mol. The van der Waals surface area contributed by atoms with Crippen LogP contribution in [0.15, 0.2) is 24.2 Å². The lowest BCUT2D eigenvalue weighted by molar-refractivity contribution is 1.05. The molecule has 0 N–H and O–H groups in total. The van der Waals surface area contributed by atoms with Crippen LogP contribution in [0, 0.1) is 0 Å². The van der Waals surface area contributed by atoms with Gasteiger partial charge in [0.05, 0.1) is 0 Å². The van der Waals surface area contributed by atoms with Crippen molar-refractivity contribution in [2.75, 3.05) is 0 Å². The molecular formula is C9H17B. The maximum Gasteiger partial charge on any atom is 0.102 e. The molecule has 0 aromatic carbocycles. The molecule has 0 aromatic heterocycles. The van der Waals surface area contributed by atoms with E-state index in [1.165, 1.54) is 0 Å². The van der Waals surface area contributed by atoms with Gasteiger partial charge in [-0.3, -0.25) is 0 Å². The summed E-state index contributed by atoms with van der Waals surface area (Å²) in [5.41, 5.74) is 0. The fourth-order valence-corrected chi connectivity index (χ4v) is 0.455. The van der Waals surface area contributed by atoms with E-state index in [0.717, 1.165) is 12.8 Å². The van der Waals surface area contributed by atoms with Crippen LogP contribution in [0.1, 0.15) is 33.6 Å². The molecule has 0 bridgehead atoms. The zero-order valence-corrected chi connectivity index (χ0v) is 7.30. The number of hydrogen-bond donors (Lipinski definition) is 0. The minimum Gasteiger partial charge on any atom is -0.135 e. The molecule has 0 amide bonds. The Labute approximate surface area is 66.4 Å². The maximum atomic E-state index is 5.11. The van der Waals surface area contributed by atoms with Crippen molar-refractivity contribution in [3.05, 3.63) is 24.2 Å². The fraction of sp³-hybridized carbons (Fsp3) is 0.556. The van der Waals surface area contributed by atoms with E-state index >= 15 is 0 Å². The SMILES string of the molecule is CC.[B]/C=C/CC/C=C\C. The maximum absolute atomic E-state index is 5.11. The first kappa shape index (κ1) is 12.2. The zero-order chi connectivity index (χ0) is 8.24. The third-order valence-electron chi connectivity index (χ3n) is 0.872. The van der Waals surface area contributed by atoms with E-state index in [9.17, 15) is 0 Å². The second-order valence-electron chi connectivity index (χ2n) is 1.57. The Morgan fingerprint density at radius 2 is 1.60 bits per heavy atom. The third kappa shape index (κ3) is 15.6. The summed E-state index contributed by atoms with van der Waals surface area (Å²) in [6.07, 6.45) is 8.29. The summed E-state index contributed by atoms with van der Waals surface area (Å²) < 4.78 is 0. The lowest BCUT2D eigenvalue weighted by Crippen LogP contribution is -1.62. The van der Waals surface area contributed by atoms with E-state index in [-0.39, 0.29) is 0 Å². The zero-order valence-electron chi connectivity index (χ0n) is 7.30. The number of allylic oxidation sites excluding steroid dienone is 3. The minimum atomic E-state index is 1.06. The summed E-state index contributed by atoms with van der Waals surface area (Å²) in [6.45, 7) is 6.02. The van der Waals surface area contributed by atoms with Crippen molar-refractivity contribution in [3.8, 4) is 0 Å². The van der Waals surface area contributed by atoms with E-state index in [1.807, 2.05) is 32.9 Å². The Morgan fingerprint density at radius 3 is 2.00 bits per heavy atom. The van der Waals surface area contributed by atoms with Gasteiger partial charge in [-0.2, -0.15) is 0 Å².